The van der Waals surface area contributed by atoms with Crippen LogP contribution in [0.1, 0.15) is 20.7 Å². The minimum Gasteiger partial charge on any atom is -0.465 e. The molecule has 3 rings (SSSR count). The summed E-state index contributed by atoms with van der Waals surface area (Å²) in [5, 5.41) is 0. The summed E-state index contributed by atoms with van der Waals surface area (Å²) in [7, 11) is 2.59. The number of hydrogen-bond donors (Lipinski definition) is 0. The third kappa shape index (κ3) is 2.48. The smallest absolute Gasteiger partial charge is 0.342 e. The lowest BCUT2D eigenvalue weighted by Gasteiger charge is -2.13. The van der Waals surface area contributed by atoms with Crippen LogP contribution >= 0.6 is 0 Å². The van der Waals surface area contributed by atoms with Gasteiger partial charge in [-0.1, -0.05) is 18.2 Å². The predicted molar refractivity (Wildman–Crippen MR) is 80.7 cm³/mol. The summed E-state index contributed by atoms with van der Waals surface area (Å²) in [6, 6.07) is 10.2. The van der Waals surface area contributed by atoms with Gasteiger partial charge in [0, 0.05) is 5.56 Å². The number of benzene rings is 2. The molecule has 0 spiro atoms. The number of carbonyl (C=O) groups is 2. The lowest BCUT2D eigenvalue weighted by Crippen LogP contribution is -2.08. The zero-order valence-electron chi connectivity index (χ0n) is 12.6. The van der Waals surface area contributed by atoms with E-state index in [0.29, 0.717) is 28.2 Å². The highest BCUT2D eigenvalue weighted by Gasteiger charge is 2.28. The molecule has 2 aromatic carbocycles. The molecule has 118 valence electrons. The van der Waals surface area contributed by atoms with E-state index in [0.717, 1.165) is 0 Å². The molecule has 6 heteroatoms. The first-order chi connectivity index (χ1) is 11.2. The second kappa shape index (κ2) is 6.00. The van der Waals surface area contributed by atoms with Crippen molar-refractivity contribution in [1.82, 2.24) is 0 Å². The second-order valence-electron chi connectivity index (χ2n) is 4.75. The van der Waals surface area contributed by atoms with E-state index >= 15 is 0 Å². The van der Waals surface area contributed by atoms with E-state index in [4.69, 9.17) is 18.9 Å². The van der Waals surface area contributed by atoms with Gasteiger partial charge >= 0.3 is 11.9 Å². The molecule has 0 saturated heterocycles. The summed E-state index contributed by atoms with van der Waals surface area (Å²) in [5.74, 6) is -0.283. The van der Waals surface area contributed by atoms with E-state index in [1.807, 2.05) is 0 Å². The van der Waals surface area contributed by atoms with Crippen LogP contribution in [0.3, 0.4) is 0 Å². The van der Waals surface area contributed by atoms with Crippen molar-refractivity contribution in [3.05, 3.63) is 47.5 Å². The lowest BCUT2D eigenvalue weighted by atomic mass is 9.94. The van der Waals surface area contributed by atoms with Gasteiger partial charge in [-0.3, -0.25) is 0 Å². The van der Waals surface area contributed by atoms with Gasteiger partial charge in [0.05, 0.1) is 19.8 Å². The monoisotopic (exact) mass is 314 g/mol. The maximum absolute atomic E-state index is 12.2. The third-order valence-electron chi connectivity index (χ3n) is 3.55. The summed E-state index contributed by atoms with van der Waals surface area (Å²) in [6.45, 7) is 0.0292. The highest BCUT2D eigenvalue weighted by atomic mass is 16.7. The normalized spacial score (nSPS) is 11.9. The molecular weight excluding hydrogens is 300 g/mol. The van der Waals surface area contributed by atoms with Crippen LogP contribution in [0.15, 0.2) is 36.4 Å². The van der Waals surface area contributed by atoms with Gasteiger partial charge in [0.15, 0.2) is 11.5 Å². The van der Waals surface area contributed by atoms with E-state index in [9.17, 15) is 9.59 Å². The molecule has 0 aromatic heterocycles. The summed E-state index contributed by atoms with van der Waals surface area (Å²) in [4.78, 5) is 24.2. The quantitative estimate of drug-likeness (QED) is 0.811. The molecule has 0 atom stereocenters. The molecule has 0 aliphatic carbocycles. The van der Waals surface area contributed by atoms with Crippen molar-refractivity contribution >= 4 is 11.9 Å². The number of methoxy groups -OCH3 is 2. The molecule has 1 aliphatic rings. The highest BCUT2D eigenvalue weighted by molar-refractivity contribution is 6.05. The van der Waals surface area contributed by atoms with Crippen molar-refractivity contribution in [2.75, 3.05) is 21.0 Å². The summed E-state index contributed by atoms with van der Waals surface area (Å²) in [6.07, 6.45) is 0. The Bertz CT molecular complexity index is 781. The summed E-state index contributed by atoms with van der Waals surface area (Å²) in [5.41, 5.74) is 1.64. The number of rotatable bonds is 3. The van der Waals surface area contributed by atoms with Crippen LogP contribution in [-0.4, -0.2) is 33.0 Å². The molecule has 0 unspecified atom stereocenters. The van der Waals surface area contributed by atoms with Crippen molar-refractivity contribution in [2.24, 2.45) is 0 Å². The van der Waals surface area contributed by atoms with Gasteiger partial charge in [0.25, 0.3) is 0 Å². The van der Waals surface area contributed by atoms with Gasteiger partial charge in [-0.15, -0.1) is 0 Å². The van der Waals surface area contributed by atoms with Crippen molar-refractivity contribution in [3.63, 3.8) is 0 Å². The molecular formula is C17H14O6. The number of hydrogen-bond acceptors (Lipinski definition) is 6. The minimum atomic E-state index is -0.568. The minimum absolute atomic E-state index is 0.0292. The van der Waals surface area contributed by atoms with E-state index in [2.05, 4.69) is 0 Å². The Morgan fingerprint density at radius 1 is 0.913 bits per heavy atom. The first-order valence-corrected chi connectivity index (χ1v) is 6.86. The van der Waals surface area contributed by atoms with Gasteiger partial charge in [-0.05, 0) is 23.8 Å². The van der Waals surface area contributed by atoms with Gasteiger partial charge in [-0.2, -0.15) is 0 Å². The maximum atomic E-state index is 12.2. The lowest BCUT2D eigenvalue weighted by molar-refractivity contribution is 0.0587. The van der Waals surface area contributed by atoms with Crippen LogP contribution in [0.4, 0.5) is 0 Å². The van der Waals surface area contributed by atoms with Crippen LogP contribution in [-0.2, 0) is 9.47 Å². The van der Waals surface area contributed by atoms with E-state index in [1.54, 1.807) is 36.4 Å². The Labute approximate surface area is 132 Å². The first-order valence-electron chi connectivity index (χ1n) is 6.86. The second-order valence-corrected chi connectivity index (χ2v) is 4.75. The fraction of sp³-hybridized carbons (Fsp3) is 0.176. The Hall–Kier alpha value is -3.02. The predicted octanol–water partition coefficient (Wildman–Crippen LogP) is 2.66. The summed E-state index contributed by atoms with van der Waals surface area (Å²) >= 11 is 0. The van der Waals surface area contributed by atoms with Crippen molar-refractivity contribution in [3.8, 4) is 22.6 Å². The molecule has 1 aliphatic heterocycles. The Balaban J connectivity index is 2.26. The topological polar surface area (TPSA) is 71.1 Å². The van der Waals surface area contributed by atoms with Gasteiger partial charge in [-0.25, -0.2) is 9.59 Å². The van der Waals surface area contributed by atoms with Crippen LogP contribution in [0.25, 0.3) is 11.1 Å². The number of fused-ring (bicyclic) bond motifs is 1. The fourth-order valence-corrected chi connectivity index (χ4v) is 2.51. The standard InChI is InChI=1S/C17H14O6/c1-20-16(18)12-6-4-3-5-10(12)11-7-8-13-15(23-9-22-13)14(11)17(19)21-2/h3-8H,9H2,1-2H3. The molecule has 1 heterocycles. The summed E-state index contributed by atoms with van der Waals surface area (Å²) < 4.78 is 20.4. The molecule has 0 amide bonds. The van der Waals surface area contributed by atoms with Crippen molar-refractivity contribution in [2.45, 2.75) is 0 Å². The molecule has 2 aromatic rings. The van der Waals surface area contributed by atoms with Crippen molar-refractivity contribution in [1.29, 1.82) is 0 Å². The van der Waals surface area contributed by atoms with Crippen molar-refractivity contribution < 1.29 is 28.5 Å². The number of carbonyl (C=O) groups excluding carboxylic acids is 2. The van der Waals surface area contributed by atoms with Crippen LogP contribution in [0.2, 0.25) is 0 Å². The van der Waals surface area contributed by atoms with E-state index in [-0.39, 0.29) is 12.4 Å². The zero-order valence-corrected chi connectivity index (χ0v) is 12.6. The maximum Gasteiger partial charge on any atom is 0.342 e. The zero-order chi connectivity index (χ0) is 16.4. The third-order valence-corrected chi connectivity index (χ3v) is 3.55. The van der Waals surface area contributed by atoms with E-state index < -0.39 is 11.9 Å². The molecule has 0 fully saturated rings. The molecule has 0 radical (unpaired) electrons. The fourth-order valence-electron chi connectivity index (χ4n) is 2.51. The SMILES string of the molecule is COC(=O)c1ccccc1-c1ccc2c(c1C(=O)OC)OCO2. The van der Waals surface area contributed by atoms with Gasteiger partial charge in [0.1, 0.15) is 5.56 Å². The van der Waals surface area contributed by atoms with E-state index in [1.165, 1.54) is 14.2 Å². The first kappa shape index (κ1) is 14.9. The Kier molecular flexibility index (Phi) is 3.89. The Morgan fingerprint density at radius 3 is 2.39 bits per heavy atom. The van der Waals surface area contributed by atoms with Crippen LogP contribution < -0.4 is 9.47 Å². The molecule has 0 bridgehead atoms. The largest absolute Gasteiger partial charge is 0.465 e. The highest BCUT2D eigenvalue weighted by Crippen LogP contribution is 2.42. The number of esters is 2. The van der Waals surface area contributed by atoms with Gasteiger partial charge < -0.3 is 18.9 Å². The number of ether oxygens (including phenoxy) is 4. The van der Waals surface area contributed by atoms with Gasteiger partial charge in [0.2, 0.25) is 6.79 Å². The average molecular weight is 314 g/mol. The van der Waals surface area contributed by atoms with Crippen LogP contribution in [0, 0.1) is 0 Å². The average Bonchev–Trinajstić information content (AvgIpc) is 3.08. The molecule has 6 nitrogen and oxygen atoms in total. The Morgan fingerprint density at radius 2 is 1.65 bits per heavy atom. The molecule has 23 heavy (non-hydrogen) atoms. The van der Waals surface area contributed by atoms with Crippen LogP contribution in [0.5, 0.6) is 11.5 Å². The molecule has 0 saturated carbocycles. The molecule has 0 N–H and O–H groups in total.